The van der Waals surface area contributed by atoms with Gasteiger partial charge in [0.2, 0.25) is 15.9 Å². The second-order valence-corrected chi connectivity index (χ2v) is 10.6. The van der Waals surface area contributed by atoms with Crippen molar-refractivity contribution in [1.82, 2.24) is 14.2 Å². The number of carbonyl (C=O) groups is 1. The number of rotatable bonds is 7. The van der Waals surface area contributed by atoms with E-state index in [9.17, 15) is 18.3 Å². The van der Waals surface area contributed by atoms with E-state index in [4.69, 9.17) is 4.74 Å². The Morgan fingerprint density at radius 1 is 1.27 bits per heavy atom. The van der Waals surface area contributed by atoms with Gasteiger partial charge in [-0.3, -0.25) is 4.79 Å². The van der Waals surface area contributed by atoms with Crippen LogP contribution in [0.4, 0.5) is 0 Å². The number of carbonyl (C=O) groups excluding carboxylic acids is 1. The van der Waals surface area contributed by atoms with Crippen LogP contribution in [0.1, 0.15) is 35.3 Å². The monoisotopic (exact) mass is 473 g/mol. The van der Waals surface area contributed by atoms with Crippen LogP contribution in [0, 0.1) is 5.92 Å². The molecule has 0 radical (unpaired) electrons. The molecule has 178 valence electrons. The van der Waals surface area contributed by atoms with Gasteiger partial charge in [0.15, 0.2) is 0 Å². The molecule has 33 heavy (non-hydrogen) atoms. The van der Waals surface area contributed by atoms with Crippen LogP contribution in [0.15, 0.2) is 42.6 Å². The van der Waals surface area contributed by atoms with Crippen LogP contribution in [-0.2, 0) is 10.0 Å². The van der Waals surface area contributed by atoms with Gasteiger partial charge < -0.3 is 14.7 Å². The van der Waals surface area contributed by atoms with Crippen LogP contribution in [0.25, 0.3) is 12.2 Å². The third-order valence-electron chi connectivity index (χ3n) is 5.81. The highest BCUT2D eigenvalue weighted by molar-refractivity contribution is 7.88. The molecule has 1 amide bonds. The number of fused-ring (bicyclic) bond motifs is 1. The minimum Gasteiger partial charge on any atom is -0.472 e. The summed E-state index contributed by atoms with van der Waals surface area (Å²) in [6.45, 7) is 3.91. The number of sulfonamides is 1. The van der Waals surface area contributed by atoms with E-state index in [1.165, 1.54) is 11.4 Å². The zero-order valence-electron chi connectivity index (χ0n) is 19.4. The molecule has 3 rings (SSSR count). The van der Waals surface area contributed by atoms with Crippen LogP contribution in [0.2, 0.25) is 0 Å². The van der Waals surface area contributed by atoms with Crippen molar-refractivity contribution in [1.29, 1.82) is 0 Å². The molecule has 1 N–H and O–H groups in total. The number of aliphatic hydroxyl groups excluding tert-OH is 1. The first-order valence-electron chi connectivity index (χ1n) is 10.8. The van der Waals surface area contributed by atoms with Gasteiger partial charge >= 0.3 is 0 Å². The van der Waals surface area contributed by atoms with Crippen molar-refractivity contribution in [3.8, 4) is 5.88 Å². The first-order valence-corrected chi connectivity index (χ1v) is 12.7. The van der Waals surface area contributed by atoms with Crippen molar-refractivity contribution in [2.75, 3.05) is 33.0 Å². The Morgan fingerprint density at radius 3 is 2.58 bits per heavy atom. The van der Waals surface area contributed by atoms with Crippen molar-refractivity contribution in [2.45, 2.75) is 26.0 Å². The summed E-state index contributed by atoms with van der Waals surface area (Å²) in [5.41, 5.74) is 2.02. The molecule has 1 aromatic carbocycles. The van der Waals surface area contributed by atoms with Gasteiger partial charge in [-0.25, -0.2) is 17.7 Å². The third-order valence-corrected chi connectivity index (χ3v) is 7.09. The lowest BCUT2D eigenvalue weighted by atomic mass is 10.00. The molecule has 1 aliphatic rings. The normalized spacial score (nSPS) is 20.3. The molecular formula is C24H31N3O5S. The molecule has 0 unspecified atom stereocenters. The summed E-state index contributed by atoms with van der Waals surface area (Å²) in [6, 6.07) is 11.1. The molecule has 0 fully saturated rings. The molecule has 0 saturated carbocycles. The molecule has 1 aliphatic heterocycles. The third kappa shape index (κ3) is 6.19. The van der Waals surface area contributed by atoms with E-state index >= 15 is 0 Å². The Hall–Kier alpha value is -2.75. The van der Waals surface area contributed by atoms with Gasteiger partial charge in [-0.05, 0) is 24.1 Å². The van der Waals surface area contributed by atoms with Gasteiger partial charge in [0, 0.05) is 25.7 Å². The Balaban J connectivity index is 1.99. The van der Waals surface area contributed by atoms with Gasteiger partial charge in [-0.1, -0.05) is 49.4 Å². The van der Waals surface area contributed by atoms with Crippen LogP contribution in [-0.4, -0.2) is 78.8 Å². The molecule has 0 spiro atoms. The maximum absolute atomic E-state index is 13.4. The minimum absolute atomic E-state index is 0.117. The van der Waals surface area contributed by atoms with E-state index in [0.29, 0.717) is 6.54 Å². The largest absolute Gasteiger partial charge is 0.472 e. The molecule has 0 bridgehead atoms. The number of aromatic nitrogens is 1. The zero-order chi connectivity index (χ0) is 24.2. The quantitative estimate of drug-likeness (QED) is 0.663. The van der Waals surface area contributed by atoms with Crippen molar-refractivity contribution in [3.63, 3.8) is 0 Å². The fourth-order valence-corrected chi connectivity index (χ4v) is 3.99. The Bertz CT molecular complexity index is 1100. The van der Waals surface area contributed by atoms with Gasteiger partial charge in [-0.15, -0.1) is 0 Å². The number of hydrogen-bond acceptors (Lipinski definition) is 6. The topological polar surface area (TPSA) is 100 Å². The van der Waals surface area contributed by atoms with Gasteiger partial charge in [0.1, 0.15) is 11.7 Å². The first kappa shape index (κ1) is 24.9. The molecule has 3 atom stereocenters. The number of aliphatic hydroxyl groups is 1. The average Bonchev–Trinajstić information content (AvgIpc) is 2.79. The lowest BCUT2D eigenvalue weighted by Gasteiger charge is -2.37. The molecule has 2 heterocycles. The van der Waals surface area contributed by atoms with E-state index in [1.54, 1.807) is 24.1 Å². The van der Waals surface area contributed by atoms with Crippen molar-refractivity contribution in [2.24, 2.45) is 5.92 Å². The van der Waals surface area contributed by atoms with Gasteiger partial charge in [0.05, 0.1) is 25.4 Å². The van der Waals surface area contributed by atoms with Crippen molar-refractivity contribution < 1.29 is 23.1 Å². The molecule has 2 aromatic rings. The molecule has 9 heteroatoms. The predicted molar refractivity (Wildman–Crippen MR) is 128 cm³/mol. The van der Waals surface area contributed by atoms with Gasteiger partial charge in [0.25, 0.3) is 5.91 Å². The summed E-state index contributed by atoms with van der Waals surface area (Å²) in [5.74, 6) is -0.319. The highest BCUT2D eigenvalue weighted by atomic mass is 32.2. The lowest BCUT2D eigenvalue weighted by molar-refractivity contribution is 0.0373. The standard InChI is InChI=1S/C24H31N3O5S/c1-17-14-27(18(2)16-28)24(29)21-12-20(11-10-19-8-6-5-7-9-19)13-25-23(21)32-22(17)15-26(3)33(4,30)31/h5-13,17-18,22,28H,14-16H2,1-4H3/b11-10+/t17-,18-,22-/m1/s1. The molecule has 0 saturated heterocycles. The van der Waals surface area contributed by atoms with E-state index in [1.807, 2.05) is 49.4 Å². The summed E-state index contributed by atoms with van der Waals surface area (Å²) in [4.78, 5) is 19.4. The predicted octanol–water partition coefficient (Wildman–Crippen LogP) is 2.36. The molecule has 1 aromatic heterocycles. The average molecular weight is 474 g/mol. The van der Waals surface area contributed by atoms with Crippen LogP contribution < -0.4 is 4.74 Å². The highest BCUT2D eigenvalue weighted by Gasteiger charge is 2.35. The number of likely N-dealkylation sites (N-methyl/N-ethyl adjacent to an activating group) is 1. The maximum atomic E-state index is 13.4. The fraction of sp³-hybridized carbons (Fsp3) is 0.417. The van der Waals surface area contributed by atoms with E-state index in [-0.39, 0.29) is 36.4 Å². The second-order valence-electron chi connectivity index (χ2n) is 8.53. The number of benzene rings is 1. The summed E-state index contributed by atoms with van der Waals surface area (Å²) < 4.78 is 31.3. The van der Waals surface area contributed by atoms with Crippen molar-refractivity contribution in [3.05, 3.63) is 59.3 Å². The van der Waals surface area contributed by atoms with Crippen LogP contribution >= 0.6 is 0 Å². The molecule has 0 aliphatic carbocycles. The second kappa shape index (κ2) is 10.5. The van der Waals surface area contributed by atoms with E-state index < -0.39 is 22.2 Å². The number of amides is 1. The first-order chi connectivity index (χ1) is 15.6. The highest BCUT2D eigenvalue weighted by Crippen LogP contribution is 2.28. The number of hydrogen-bond donors (Lipinski definition) is 1. The van der Waals surface area contributed by atoms with Crippen LogP contribution in [0.3, 0.4) is 0 Å². The zero-order valence-corrected chi connectivity index (χ0v) is 20.2. The van der Waals surface area contributed by atoms with E-state index in [0.717, 1.165) is 17.4 Å². The maximum Gasteiger partial charge on any atom is 0.259 e. The summed E-state index contributed by atoms with van der Waals surface area (Å²) in [5, 5.41) is 9.74. The summed E-state index contributed by atoms with van der Waals surface area (Å²) in [7, 11) is -1.91. The summed E-state index contributed by atoms with van der Waals surface area (Å²) in [6.07, 6.45) is 6.03. The number of nitrogens with zero attached hydrogens (tertiary/aromatic N) is 3. The number of pyridine rings is 1. The SMILES string of the molecule is C[C@@H]1CN([C@H](C)CO)C(=O)c2cc(/C=C/c3ccccc3)cnc2O[C@@H]1CN(C)S(C)(=O)=O. The Morgan fingerprint density at radius 2 is 1.94 bits per heavy atom. The van der Waals surface area contributed by atoms with E-state index in [2.05, 4.69) is 4.98 Å². The Labute approximate surface area is 195 Å². The minimum atomic E-state index is -3.41. The Kier molecular flexibility index (Phi) is 7.88. The lowest BCUT2D eigenvalue weighted by Crippen LogP contribution is -2.50. The number of ether oxygens (including phenoxy) is 1. The van der Waals surface area contributed by atoms with Crippen LogP contribution in [0.5, 0.6) is 5.88 Å². The summed E-state index contributed by atoms with van der Waals surface area (Å²) >= 11 is 0. The fourth-order valence-electron chi connectivity index (χ4n) is 3.57. The smallest absolute Gasteiger partial charge is 0.259 e. The van der Waals surface area contributed by atoms with Gasteiger partial charge in [-0.2, -0.15) is 0 Å². The molecule has 8 nitrogen and oxygen atoms in total. The van der Waals surface area contributed by atoms with Crippen molar-refractivity contribution >= 4 is 28.1 Å². The molecular weight excluding hydrogens is 442 g/mol.